The van der Waals surface area contributed by atoms with Crippen molar-refractivity contribution in [3.8, 4) is 0 Å². The Morgan fingerprint density at radius 2 is 1.86 bits per heavy atom. The zero-order valence-corrected chi connectivity index (χ0v) is 7.17. The van der Waals surface area contributed by atoms with Gasteiger partial charge in [0.15, 0.2) is 0 Å². The largest absolute Gasteiger partial charge is 0.389 e. The molecule has 4 nitrogen and oxygen atoms in total. The van der Waals surface area contributed by atoms with E-state index < -0.39 is 12.6 Å². The molecular weight excluding hydrogens is 197 g/mol. The number of hydrogen-bond acceptors (Lipinski definition) is 4. The molecule has 0 unspecified atom stereocenters. The Hall–Kier alpha value is -1.53. The zero-order valence-electron chi connectivity index (χ0n) is 7.17. The van der Waals surface area contributed by atoms with E-state index in [9.17, 15) is 13.2 Å². The summed E-state index contributed by atoms with van der Waals surface area (Å²) in [4.78, 5) is 7.17. The number of rotatable bonds is 2. The molecule has 0 fully saturated rings. The number of anilines is 2. The first-order valence-electron chi connectivity index (χ1n) is 3.82. The maximum atomic E-state index is 11.8. The Balaban J connectivity index is 2.68. The molecule has 0 saturated carbocycles. The maximum absolute atomic E-state index is 11.8. The monoisotopic (exact) mass is 206 g/mol. The van der Waals surface area contributed by atoms with Gasteiger partial charge in [-0.05, 0) is 6.42 Å². The highest BCUT2D eigenvalue weighted by Gasteiger charge is 2.26. The number of nitrogens with two attached hydrogens (primary N) is 2. The van der Waals surface area contributed by atoms with Crippen molar-refractivity contribution < 1.29 is 13.2 Å². The van der Waals surface area contributed by atoms with Crippen LogP contribution in [0.25, 0.3) is 0 Å². The van der Waals surface area contributed by atoms with E-state index in [0.29, 0.717) is 0 Å². The lowest BCUT2D eigenvalue weighted by molar-refractivity contribution is -0.134. The summed E-state index contributed by atoms with van der Waals surface area (Å²) in [6.45, 7) is 0. The van der Waals surface area contributed by atoms with Crippen molar-refractivity contribution in [1.82, 2.24) is 9.97 Å². The number of aryl methyl sites for hydroxylation is 1. The first kappa shape index (κ1) is 10.6. The van der Waals surface area contributed by atoms with Gasteiger partial charge in [-0.1, -0.05) is 0 Å². The van der Waals surface area contributed by atoms with Crippen LogP contribution >= 0.6 is 0 Å². The third-order valence-corrected chi connectivity index (χ3v) is 1.48. The van der Waals surface area contributed by atoms with Crippen molar-refractivity contribution in [3.05, 3.63) is 11.8 Å². The second-order valence-corrected chi connectivity index (χ2v) is 2.76. The van der Waals surface area contributed by atoms with Crippen LogP contribution in [0.15, 0.2) is 6.07 Å². The molecule has 0 aliphatic rings. The van der Waals surface area contributed by atoms with Gasteiger partial charge in [-0.25, -0.2) is 4.98 Å². The van der Waals surface area contributed by atoms with E-state index in [0.717, 1.165) is 0 Å². The highest BCUT2D eigenvalue weighted by atomic mass is 19.4. The molecule has 4 N–H and O–H groups in total. The molecule has 0 amide bonds. The van der Waals surface area contributed by atoms with Crippen LogP contribution in [-0.4, -0.2) is 16.1 Å². The van der Waals surface area contributed by atoms with Gasteiger partial charge in [0.05, 0.1) is 0 Å². The molecule has 7 heteroatoms. The van der Waals surface area contributed by atoms with Gasteiger partial charge in [-0.3, -0.25) is 0 Å². The summed E-state index contributed by atoms with van der Waals surface area (Å²) in [6, 6.07) is 1.28. The van der Waals surface area contributed by atoms with Gasteiger partial charge in [0.1, 0.15) is 5.82 Å². The number of hydrogen-bond donors (Lipinski definition) is 2. The predicted octanol–water partition coefficient (Wildman–Crippen LogP) is 1.14. The number of halogens is 3. The summed E-state index contributed by atoms with van der Waals surface area (Å²) in [5.74, 6) is -0.0307. The summed E-state index contributed by atoms with van der Waals surface area (Å²) in [5, 5.41) is 0. The lowest BCUT2D eigenvalue weighted by atomic mass is 10.2. The molecule has 1 heterocycles. The lowest BCUT2D eigenvalue weighted by Crippen LogP contribution is -2.10. The van der Waals surface area contributed by atoms with Crippen LogP contribution in [0.5, 0.6) is 0 Å². The molecule has 0 radical (unpaired) electrons. The van der Waals surface area contributed by atoms with Crippen molar-refractivity contribution in [2.45, 2.75) is 19.0 Å². The van der Waals surface area contributed by atoms with Crippen LogP contribution in [-0.2, 0) is 6.42 Å². The van der Waals surface area contributed by atoms with E-state index in [1.807, 2.05) is 0 Å². The number of alkyl halides is 3. The molecule has 0 spiro atoms. The average molecular weight is 206 g/mol. The van der Waals surface area contributed by atoms with Crippen molar-refractivity contribution in [2.75, 3.05) is 11.5 Å². The molecule has 0 aliphatic heterocycles. The van der Waals surface area contributed by atoms with Crippen LogP contribution < -0.4 is 11.5 Å². The van der Waals surface area contributed by atoms with Crippen molar-refractivity contribution in [1.29, 1.82) is 0 Å². The standard InChI is InChI=1S/C7H9F3N4/c8-7(9,10)2-1-4-3-5(11)14-6(12)13-4/h3H,1-2H2,(H4,11,12,13,14). The molecule has 0 saturated heterocycles. The van der Waals surface area contributed by atoms with Gasteiger partial charge in [-0.2, -0.15) is 18.2 Å². The van der Waals surface area contributed by atoms with Crippen LogP contribution in [0.3, 0.4) is 0 Å². The zero-order chi connectivity index (χ0) is 10.8. The smallest absolute Gasteiger partial charge is 0.384 e. The van der Waals surface area contributed by atoms with Crippen LogP contribution in [0.1, 0.15) is 12.1 Å². The van der Waals surface area contributed by atoms with E-state index in [1.54, 1.807) is 0 Å². The molecule has 78 valence electrons. The molecule has 14 heavy (non-hydrogen) atoms. The normalized spacial score (nSPS) is 11.6. The van der Waals surface area contributed by atoms with E-state index in [-0.39, 0.29) is 23.9 Å². The van der Waals surface area contributed by atoms with Crippen LogP contribution in [0, 0.1) is 0 Å². The molecule has 1 rings (SSSR count). The topological polar surface area (TPSA) is 77.8 Å². The van der Waals surface area contributed by atoms with Crippen molar-refractivity contribution in [3.63, 3.8) is 0 Å². The van der Waals surface area contributed by atoms with Gasteiger partial charge in [-0.15, -0.1) is 0 Å². The van der Waals surface area contributed by atoms with Gasteiger partial charge >= 0.3 is 6.18 Å². The third kappa shape index (κ3) is 3.46. The SMILES string of the molecule is Nc1cc(CCC(F)(F)F)nc(N)n1. The molecular formula is C7H9F3N4. The minimum Gasteiger partial charge on any atom is -0.384 e. The summed E-state index contributed by atoms with van der Waals surface area (Å²) >= 11 is 0. The average Bonchev–Trinajstić information content (AvgIpc) is 1.97. The van der Waals surface area contributed by atoms with Gasteiger partial charge in [0.25, 0.3) is 0 Å². The summed E-state index contributed by atoms with van der Waals surface area (Å²) in [6.07, 6.45) is -5.38. The molecule has 1 aromatic heterocycles. The Bertz CT molecular complexity index is 303. The van der Waals surface area contributed by atoms with E-state index in [2.05, 4.69) is 9.97 Å². The lowest BCUT2D eigenvalue weighted by Gasteiger charge is -2.06. The van der Waals surface area contributed by atoms with Gasteiger partial charge in [0.2, 0.25) is 5.95 Å². The molecule has 0 bridgehead atoms. The highest BCUT2D eigenvalue weighted by molar-refractivity contribution is 5.35. The van der Waals surface area contributed by atoms with Crippen LogP contribution in [0.4, 0.5) is 24.9 Å². The Morgan fingerprint density at radius 1 is 1.21 bits per heavy atom. The molecule has 0 aliphatic carbocycles. The number of aromatic nitrogens is 2. The summed E-state index contributed by atoms with van der Waals surface area (Å²) in [5.41, 5.74) is 10.7. The second kappa shape index (κ2) is 3.69. The molecule has 1 aromatic rings. The summed E-state index contributed by atoms with van der Waals surface area (Å²) < 4.78 is 35.5. The minimum absolute atomic E-state index is 0.0784. The van der Waals surface area contributed by atoms with Crippen LogP contribution in [0.2, 0.25) is 0 Å². The fourth-order valence-electron chi connectivity index (χ4n) is 0.938. The molecule has 0 aromatic carbocycles. The summed E-state index contributed by atoms with van der Waals surface area (Å²) in [7, 11) is 0. The second-order valence-electron chi connectivity index (χ2n) is 2.76. The minimum atomic E-state index is -4.20. The number of nitrogen functional groups attached to an aromatic ring is 2. The van der Waals surface area contributed by atoms with Gasteiger partial charge < -0.3 is 11.5 Å². The Labute approximate surface area is 78.1 Å². The van der Waals surface area contributed by atoms with E-state index in [4.69, 9.17) is 11.5 Å². The maximum Gasteiger partial charge on any atom is 0.389 e. The van der Waals surface area contributed by atoms with Gasteiger partial charge in [0, 0.05) is 18.2 Å². The highest BCUT2D eigenvalue weighted by Crippen LogP contribution is 2.21. The predicted molar refractivity (Wildman–Crippen MR) is 45.2 cm³/mol. The molecule has 0 atom stereocenters. The third-order valence-electron chi connectivity index (χ3n) is 1.48. The van der Waals surface area contributed by atoms with Crippen molar-refractivity contribution in [2.24, 2.45) is 0 Å². The first-order chi connectivity index (χ1) is 6.37. The van der Waals surface area contributed by atoms with E-state index >= 15 is 0 Å². The quantitative estimate of drug-likeness (QED) is 0.760. The Morgan fingerprint density at radius 3 is 2.36 bits per heavy atom. The first-order valence-corrected chi connectivity index (χ1v) is 3.82. The Kier molecular flexibility index (Phi) is 2.78. The number of nitrogens with zero attached hydrogens (tertiary/aromatic N) is 2. The fourth-order valence-corrected chi connectivity index (χ4v) is 0.938. The fraction of sp³-hybridized carbons (Fsp3) is 0.429. The van der Waals surface area contributed by atoms with E-state index in [1.165, 1.54) is 6.07 Å². The van der Waals surface area contributed by atoms with Crippen molar-refractivity contribution >= 4 is 11.8 Å².